The monoisotopic (exact) mass is 204 g/mol. The third-order valence-electron chi connectivity index (χ3n) is 2.20. The third kappa shape index (κ3) is 1.56. The summed E-state index contributed by atoms with van der Waals surface area (Å²) in [6.07, 6.45) is 1.62. The number of fused-ring (bicyclic) bond motifs is 1. The Kier molecular flexibility index (Phi) is 2.15. The van der Waals surface area contributed by atoms with Gasteiger partial charge in [0.2, 0.25) is 5.95 Å². The fourth-order valence-corrected chi connectivity index (χ4v) is 1.55. The Morgan fingerprint density at radius 1 is 1.40 bits per heavy atom. The molecular formula is C10H12N4O. The highest BCUT2D eigenvalue weighted by molar-refractivity contribution is 5.74. The number of hydrogen-bond donors (Lipinski definition) is 1. The van der Waals surface area contributed by atoms with Crippen molar-refractivity contribution in [2.24, 2.45) is 0 Å². The Morgan fingerprint density at radius 2 is 2.13 bits per heavy atom. The quantitative estimate of drug-likeness (QED) is 0.750. The van der Waals surface area contributed by atoms with Crippen LogP contribution in [0.5, 0.6) is 0 Å². The normalized spacial score (nSPS) is 11.1. The molecule has 0 unspecified atom stereocenters. The highest BCUT2D eigenvalue weighted by Crippen LogP contribution is 2.12. The van der Waals surface area contributed by atoms with Crippen LogP contribution >= 0.6 is 0 Å². The molecule has 0 spiro atoms. The molecule has 0 aliphatic rings. The van der Waals surface area contributed by atoms with Crippen molar-refractivity contribution in [1.29, 1.82) is 0 Å². The topological polar surface area (TPSA) is 73.8 Å². The minimum absolute atomic E-state index is 0.0514. The lowest BCUT2D eigenvalue weighted by Crippen LogP contribution is -2.22. The van der Waals surface area contributed by atoms with E-state index in [2.05, 4.69) is 9.97 Å². The summed E-state index contributed by atoms with van der Waals surface area (Å²) >= 11 is 0. The van der Waals surface area contributed by atoms with Crippen LogP contribution in [0.1, 0.15) is 19.9 Å². The molecule has 2 aromatic heterocycles. The number of nitrogen functional groups attached to an aromatic ring is 1. The van der Waals surface area contributed by atoms with Crippen LogP contribution in [0.2, 0.25) is 0 Å². The zero-order valence-corrected chi connectivity index (χ0v) is 8.64. The van der Waals surface area contributed by atoms with Gasteiger partial charge < -0.3 is 5.73 Å². The molecule has 2 rings (SSSR count). The van der Waals surface area contributed by atoms with Crippen molar-refractivity contribution in [3.05, 3.63) is 28.7 Å². The molecule has 0 saturated carbocycles. The van der Waals surface area contributed by atoms with E-state index >= 15 is 0 Å². The number of anilines is 1. The lowest BCUT2D eigenvalue weighted by atomic mass is 10.3. The Bertz CT molecular complexity index is 559. The van der Waals surface area contributed by atoms with Gasteiger partial charge in [0.15, 0.2) is 0 Å². The summed E-state index contributed by atoms with van der Waals surface area (Å²) in [6, 6.07) is 3.27. The molecule has 0 amide bonds. The zero-order valence-electron chi connectivity index (χ0n) is 8.64. The summed E-state index contributed by atoms with van der Waals surface area (Å²) in [5.41, 5.74) is 6.02. The first kappa shape index (κ1) is 9.64. The largest absolute Gasteiger partial charge is 0.368 e. The Hall–Kier alpha value is -1.91. The van der Waals surface area contributed by atoms with Gasteiger partial charge in [-0.2, -0.15) is 4.98 Å². The van der Waals surface area contributed by atoms with Gasteiger partial charge in [0.25, 0.3) is 5.56 Å². The van der Waals surface area contributed by atoms with E-state index in [4.69, 9.17) is 5.73 Å². The Labute approximate surface area is 86.6 Å². The van der Waals surface area contributed by atoms with E-state index in [1.165, 1.54) is 6.07 Å². The van der Waals surface area contributed by atoms with Crippen molar-refractivity contribution < 1.29 is 0 Å². The SMILES string of the molecule is CC(C)n1c(=O)ccc2cnc(N)nc21. The van der Waals surface area contributed by atoms with E-state index in [-0.39, 0.29) is 17.5 Å². The summed E-state index contributed by atoms with van der Waals surface area (Å²) in [5.74, 6) is 0.183. The van der Waals surface area contributed by atoms with Gasteiger partial charge in [-0.1, -0.05) is 0 Å². The van der Waals surface area contributed by atoms with Crippen LogP contribution in [0.3, 0.4) is 0 Å². The molecule has 0 aliphatic heterocycles. The predicted molar refractivity (Wildman–Crippen MR) is 58.6 cm³/mol. The van der Waals surface area contributed by atoms with Crippen LogP contribution < -0.4 is 11.3 Å². The third-order valence-corrected chi connectivity index (χ3v) is 2.20. The first-order valence-electron chi connectivity index (χ1n) is 4.73. The molecule has 0 radical (unpaired) electrons. The van der Waals surface area contributed by atoms with Crippen LogP contribution in [0, 0.1) is 0 Å². The maximum Gasteiger partial charge on any atom is 0.252 e. The van der Waals surface area contributed by atoms with E-state index in [0.717, 1.165) is 5.39 Å². The van der Waals surface area contributed by atoms with E-state index < -0.39 is 0 Å². The summed E-state index contributed by atoms with van der Waals surface area (Å²) in [7, 11) is 0. The number of nitrogens with zero attached hydrogens (tertiary/aromatic N) is 3. The minimum Gasteiger partial charge on any atom is -0.368 e. The number of pyridine rings is 1. The van der Waals surface area contributed by atoms with Crippen molar-refractivity contribution in [1.82, 2.24) is 14.5 Å². The second-order valence-corrected chi connectivity index (χ2v) is 3.64. The Morgan fingerprint density at radius 3 is 2.80 bits per heavy atom. The zero-order chi connectivity index (χ0) is 11.0. The standard InChI is InChI=1S/C10H12N4O/c1-6(2)14-8(15)4-3-7-5-12-10(11)13-9(7)14/h3-6H,1-2H3,(H2,11,12,13). The molecule has 78 valence electrons. The average Bonchev–Trinajstić information content (AvgIpc) is 2.16. The second kappa shape index (κ2) is 3.34. The van der Waals surface area contributed by atoms with E-state index in [9.17, 15) is 4.79 Å². The molecule has 0 bridgehead atoms. The Balaban J connectivity index is 2.91. The van der Waals surface area contributed by atoms with Crippen LogP contribution in [0.15, 0.2) is 23.1 Å². The smallest absolute Gasteiger partial charge is 0.252 e. The lowest BCUT2D eigenvalue weighted by Gasteiger charge is -2.12. The van der Waals surface area contributed by atoms with Crippen molar-refractivity contribution in [3.8, 4) is 0 Å². The number of hydrogen-bond acceptors (Lipinski definition) is 4. The minimum atomic E-state index is -0.0735. The van der Waals surface area contributed by atoms with Gasteiger partial charge in [0.1, 0.15) is 5.65 Å². The fourth-order valence-electron chi connectivity index (χ4n) is 1.55. The maximum absolute atomic E-state index is 11.6. The van der Waals surface area contributed by atoms with Gasteiger partial charge in [0, 0.05) is 23.7 Å². The van der Waals surface area contributed by atoms with Crippen molar-refractivity contribution >= 4 is 17.0 Å². The van der Waals surface area contributed by atoms with Gasteiger partial charge in [-0.3, -0.25) is 9.36 Å². The van der Waals surface area contributed by atoms with E-state index in [1.54, 1.807) is 16.8 Å². The summed E-state index contributed by atoms with van der Waals surface area (Å²) in [4.78, 5) is 19.6. The highest BCUT2D eigenvalue weighted by atomic mass is 16.1. The first-order chi connectivity index (χ1) is 7.09. The van der Waals surface area contributed by atoms with Crippen LogP contribution in [0.4, 0.5) is 5.95 Å². The van der Waals surface area contributed by atoms with Gasteiger partial charge >= 0.3 is 0 Å². The van der Waals surface area contributed by atoms with Crippen molar-refractivity contribution in [3.63, 3.8) is 0 Å². The predicted octanol–water partition coefficient (Wildman–Crippen LogP) is 0.955. The van der Waals surface area contributed by atoms with E-state index in [1.807, 2.05) is 13.8 Å². The highest BCUT2D eigenvalue weighted by Gasteiger charge is 2.07. The summed E-state index contributed by atoms with van der Waals surface area (Å²) in [6.45, 7) is 3.86. The molecule has 2 aromatic rings. The molecule has 0 atom stereocenters. The number of nitrogens with two attached hydrogens (primary N) is 1. The maximum atomic E-state index is 11.6. The van der Waals surface area contributed by atoms with Gasteiger partial charge in [0.05, 0.1) is 0 Å². The molecule has 2 heterocycles. The summed E-state index contributed by atoms with van der Waals surface area (Å²) in [5, 5.41) is 0.817. The van der Waals surface area contributed by atoms with Crippen LogP contribution in [-0.4, -0.2) is 14.5 Å². The van der Waals surface area contributed by atoms with Gasteiger partial charge in [-0.15, -0.1) is 0 Å². The fraction of sp³-hybridized carbons (Fsp3) is 0.300. The molecule has 0 aromatic carbocycles. The van der Waals surface area contributed by atoms with Gasteiger partial charge in [-0.25, -0.2) is 4.98 Å². The number of rotatable bonds is 1. The van der Waals surface area contributed by atoms with Gasteiger partial charge in [-0.05, 0) is 19.9 Å². The molecule has 0 aliphatic carbocycles. The number of aromatic nitrogens is 3. The molecule has 15 heavy (non-hydrogen) atoms. The molecule has 0 saturated heterocycles. The molecular weight excluding hydrogens is 192 g/mol. The average molecular weight is 204 g/mol. The van der Waals surface area contributed by atoms with Crippen molar-refractivity contribution in [2.75, 3.05) is 5.73 Å². The molecule has 2 N–H and O–H groups in total. The van der Waals surface area contributed by atoms with Crippen molar-refractivity contribution in [2.45, 2.75) is 19.9 Å². The molecule has 0 fully saturated rings. The first-order valence-corrected chi connectivity index (χ1v) is 4.73. The summed E-state index contributed by atoms with van der Waals surface area (Å²) < 4.78 is 1.60. The van der Waals surface area contributed by atoms with Crippen LogP contribution in [-0.2, 0) is 0 Å². The molecule has 5 heteroatoms. The van der Waals surface area contributed by atoms with Crippen LogP contribution in [0.25, 0.3) is 11.0 Å². The second-order valence-electron chi connectivity index (χ2n) is 3.64. The van der Waals surface area contributed by atoms with E-state index in [0.29, 0.717) is 5.65 Å². The lowest BCUT2D eigenvalue weighted by molar-refractivity contribution is 0.595. The molecule has 5 nitrogen and oxygen atoms in total.